The van der Waals surface area contributed by atoms with Gasteiger partial charge in [0.15, 0.2) is 0 Å². The molecular weight excluding hydrogens is 190 g/mol. The molecule has 0 amide bonds. The molecule has 1 N–H and O–H groups in total. The van der Waals surface area contributed by atoms with E-state index in [1.807, 2.05) is 7.05 Å². The number of hydrogen-bond donors (Lipinski definition) is 1. The Balaban J connectivity index is 3.69. The Kier molecular flexibility index (Phi) is 8.02. The van der Waals surface area contributed by atoms with Gasteiger partial charge in [0.25, 0.3) is 0 Å². The van der Waals surface area contributed by atoms with E-state index in [0.29, 0.717) is 6.04 Å². The molecule has 0 aromatic carbocycles. The van der Waals surface area contributed by atoms with Crippen molar-refractivity contribution in [3.05, 3.63) is 0 Å². The average molecular weight is 217 g/mol. The molecule has 0 aromatic rings. The first-order valence-electron chi connectivity index (χ1n) is 5.77. The minimum Gasteiger partial charge on any atom is -0.385 e. The summed E-state index contributed by atoms with van der Waals surface area (Å²) in [5.41, 5.74) is -0.00361. The highest BCUT2D eigenvalue weighted by Crippen LogP contribution is 2.18. The Bertz CT molecular complexity index is 149. The van der Waals surface area contributed by atoms with Gasteiger partial charge in [0.2, 0.25) is 0 Å². The molecular formula is C12H27NO2. The Morgan fingerprint density at radius 1 is 1.20 bits per heavy atom. The molecule has 1 atom stereocenters. The molecule has 0 spiro atoms. The largest absolute Gasteiger partial charge is 0.385 e. The van der Waals surface area contributed by atoms with Crippen molar-refractivity contribution < 1.29 is 9.47 Å². The molecule has 3 heteroatoms. The maximum Gasteiger partial charge on any atom is 0.0623 e. The normalized spacial score (nSPS) is 14.2. The third kappa shape index (κ3) is 7.77. The molecule has 0 saturated carbocycles. The lowest BCUT2D eigenvalue weighted by molar-refractivity contribution is 0.0115. The van der Waals surface area contributed by atoms with Crippen molar-refractivity contribution in [3.8, 4) is 0 Å². The van der Waals surface area contributed by atoms with Gasteiger partial charge in [-0.05, 0) is 46.6 Å². The monoisotopic (exact) mass is 217 g/mol. The van der Waals surface area contributed by atoms with Crippen LogP contribution in [-0.2, 0) is 9.47 Å². The van der Waals surface area contributed by atoms with Gasteiger partial charge in [-0.15, -0.1) is 0 Å². The van der Waals surface area contributed by atoms with E-state index >= 15 is 0 Å². The molecule has 92 valence electrons. The Morgan fingerprint density at radius 2 is 1.87 bits per heavy atom. The zero-order chi connectivity index (χ0) is 11.7. The van der Waals surface area contributed by atoms with Gasteiger partial charge in [-0.25, -0.2) is 0 Å². The molecule has 3 nitrogen and oxygen atoms in total. The summed E-state index contributed by atoms with van der Waals surface area (Å²) >= 11 is 0. The maximum atomic E-state index is 5.41. The first-order chi connectivity index (χ1) is 7.05. The lowest BCUT2D eigenvalue weighted by Gasteiger charge is -2.25. The van der Waals surface area contributed by atoms with Gasteiger partial charge in [-0.3, -0.25) is 0 Å². The van der Waals surface area contributed by atoms with E-state index < -0.39 is 0 Å². The first kappa shape index (κ1) is 14.9. The fraction of sp³-hybridized carbons (Fsp3) is 1.00. The van der Waals surface area contributed by atoms with E-state index in [0.717, 1.165) is 25.9 Å². The van der Waals surface area contributed by atoms with E-state index in [-0.39, 0.29) is 5.60 Å². The van der Waals surface area contributed by atoms with E-state index in [1.54, 1.807) is 14.2 Å². The van der Waals surface area contributed by atoms with Gasteiger partial charge in [-0.2, -0.15) is 0 Å². The van der Waals surface area contributed by atoms with Crippen molar-refractivity contribution in [1.29, 1.82) is 0 Å². The Hall–Kier alpha value is -0.120. The topological polar surface area (TPSA) is 30.5 Å². The molecule has 0 rings (SSSR count). The summed E-state index contributed by atoms with van der Waals surface area (Å²) in [7, 11) is 5.55. The smallest absolute Gasteiger partial charge is 0.0623 e. The Labute approximate surface area is 94.5 Å². The van der Waals surface area contributed by atoms with Gasteiger partial charge in [0, 0.05) is 26.9 Å². The van der Waals surface area contributed by atoms with E-state index in [2.05, 4.69) is 19.2 Å². The summed E-state index contributed by atoms with van der Waals surface area (Å²) in [6, 6.07) is 0.578. The molecule has 0 fully saturated rings. The van der Waals surface area contributed by atoms with Gasteiger partial charge in [-0.1, -0.05) is 0 Å². The highest BCUT2D eigenvalue weighted by atomic mass is 16.5. The van der Waals surface area contributed by atoms with Gasteiger partial charge in [0.05, 0.1) is 5.60 Å². The third-order valence-electron chi connectivity index (χ3n) is 2.96. The van der Waals surface area contributed by atoms with Crippen LogP contribution in [0.4, 0.5) is 0 Å². The van der Waals surface area contributed by atoms with Crippen LogP contribution in [0.5, 0.6) is 0 Å². The molecule has 0 bridgehead atoms. The zero-order valence-corrected chi connectivity index (χ0v) is 10.9. The predicted molar refractivity (Wildman–Crippen MR) is 64.3 cm³/mol. The third-order valence-corrected chi connectivity index (χ3v) is 2.96. The molecule has 0 aliphatic carbocycles. The summed E-state index contributed by atoms with van der Waals surface area (Å²) in [6.45, 7) is 5.12. The van der Waals surface area contributed by atoms with Crippen LogP contribution in [0, 0.1) is 0 Å². The van der Waals surface area contributed by atoms with Crippen LogP contribution in [-0.4, -0.2) is 39.5 Å². The molecule has 1 unspecified atom stereocenters. The van der Waals surface area contributed by atoms with E-state index in [1.165, 1.54) is 6.42 Å². The van der Waals surface area contributed by atoms with Crippen molar-refractivity contribution in [2.45, 2.75) is 51.2 Å². The second-order valence-electron chi connectivity index (χ2n) is 4.62. The van der Waals surface area contributed by atoms with Crippen molar-refractivity contribution >= 4 is 0 Å². The summed E-state index contributed by atoms with van der Waals surface area (Å²) < 4.78 is 10.5. The molecule has 0 radical (unpaired) electrons. The molecule has 0 heterocycles. The van der Waals surface area contributed by atoms with Crippen LogP contribution < -0.4 is 5.32 Å². The lowest BCUT2D eigenvalue weighted by Crippen LogP contribution is -2.30. The van der Waals surface area contributed by atoms with Crippen LogP contribution in [0.3, 0.4) is 0 Å². The van der Waals surface area contributed by atoms with E-state index in [9.17, 15) is 0 Å². The van der Waals surface area contributed by atoms with Crippen LogP contribution in [0.2, 0.25) is 0 Å². The average Bonchev–Trinajstić information content (AvgIpc) is 2.23. The highest BCUT2D eigenvalue weighted by molar-refractivity contribution is 4.73. The fourth-order valence-corrected chi connectivity index (χ4v) is 1.53. The van der Waals surface area contributed by atoms with Crippen molar-refractivity contribution in [2.75, 3.05) is 27.9 Å². The molecule has 0 aromatic heterocycles. The molecule has 15 heavy (non-hydrogen) atoms. The van der Waals surface area contributed by atoms with Gasteiger partial charge >= 0.3 is 0 Å². The van der Waals surface area contributed by atoms with Gasteiger partial charge < -0.3 is 14.8 Å². The van der Waals surface area contributed by atoms with Crippen molar-refractivity contribution in [1.82, 2.24) is 5.32 Å². The van der Waals surface area contributed by atoms with Crippen LogP contribution in [0.1, 0.15) is 39.5 Å². The number of rotatable bonds is 9. The van der Waals surface area contributed by atoms with Crippen LogP contribution in [0.15, 0.2) is 0 Å². The quantitative estimate of drug-likeness (QED) is 0.601. The lowest BCUT2D eigenvalue weighted by atomic mass is 9.97. The predicted octanol–water partition coefficient (Wildman–Crippen LogP) is 2.21. The first-order valence-corrected chi connectivity index (χ1v) is 5.77. The Morgan fingerprint density at radius 3 is 2.33 bits per heavy atom. The standard InChI is InChI=1S/C12H27NO2/c1-12(2,15-5)9-8-11(13-3)7-6-10-14-4/h11,13H,6-10H2,1-5H3. The molecule has 0 aliphatic rings. The summed E-state index contributed by atoms with van der Waals surface area (Å²) in [4.78, 5) is 0. The van der Waals surface area contributed by atoms with Gasteiger partial charge in [0.1, 0.15) is 0 Å². The maximum absolute atomic E-state index is 5.41. The summed E-state index contributed by atoms with van der Waals surface area (Å²) in [5.74, 6) is 0. The summed E-state index contributed by atoms with van der Waals surface area (Å²) in [6.07, 6.45) is 4.53. The number of methoxy groups -OCH3 is 2. The summed E-state index contributed by atoms with van der Waals surface area (Å²) in [5, 5.41) is 3.35. The zero-order valence-electron chi connectivity index (χ0n) is 10.9. The molecule has 0 aliphatic heterocycles. The van der Waals surface area contributed by atoms with Crippen molar-refractivity contribution in [3.63, 3.8) is 0 Å². The van der Waals surface area contributed by atoms with Crippen LogP contribution >= 0.6 is 0 Å². The number of nitrogens with one attached hydrogen (secondary N) is 1. The number of ether oxygens (including phenoxy) is 2. The molecule has 0 saturated heterocycles. The SMILES string of the molecule is CNC(CCCOC)CCC(C)(C)OC. The highest BCUT2D eigenvalue weighted by Gasteiger charge is 2.18. The minimum atomic E-state index is -0.00361. The van der Waals surface area contributed by atoms with E-state index in [4.69, 9.17) is 9.47 Å². The van der Waals surface area contributed by atoms with Crippen molar-refractivity contribution in [2.24, 2.45) is 0 Å². The fourth-order valence-electron chi connectivity index (χ4n) is 1.53. The number of hydrogen-bond acceptors (Lipinski definition) is 3. The minimum absolute atomic E-state index is 0.00361. The second kappa shape index (κ2) is 8.08. The second-order valence-corrected chi connectivity index (χ2v) is 4.62. The van der Waals surface area contributed by atoms with Crippen LogP contribution in [0.25, 0.3) is 0 Å².